The van der Waals surface area contributed by atoms with Crippen molar-refractivity contribution in [1.29, 1.82) is 0 Å². The number of rotatable bonds is 7. The van der Waals surface area contributed by atoms with E-state index in [9.17, 15) is 14.7 Å². The van der Waals surface area contributed by atoms with Crippen LogP contribution < -0.4 is 5.32 Å². The normalized spacial score (nSPS) is 29.6. The fraction of sp³-hybridized carbons (Fsp3) is 0.750. The smallest absolute Gasteiger partial charge is 0.347 e. The summed E-state index contributed by atoms with van der Waals surface area (Å²) in [5.74, 6) is -2.42. The second-order valence-corrected chi connectivity index (χ2v) is 6.01. The monoisotopic (exact) mass is 359 g/mol. The van der Waals surface area contributed by atoms with Gasteiger partial charge in [-0.2, -0.15) is 0 Å². The summed E-state index contributed by atoms with van der Waals surface area (Å²) in [5.41, 5.74) is -0.283. The first-order chi connectivity index (χ1) is 11.8. The summed E-state index contributed by atoms with van der Waals surface area (Å²) in [4.78, 5) is 23.9. The average Bonchev–Trinajstić information content (AvgIpc) is 3.01. The molecule has 0 bridgehead atoms. The highest BCUT2D eigenvalue weighted by Gasteiger charge is 2.54. The van der Waals surface area contributed by atoms with E-state index in [0.717, 1.165) is 0 Å². The van der Waals surface area contributed by atoms with Gasteiger partial charge in [-0.15, -0.1) is 0 Å². The minimum absolute atomic E-state index is 0.123. The van der Waals surface area contributed by atoms with Crippen LogP contribution in [0.25, 0.3) is 0 Å². The molecule has 0 aromatic rings. The predicted octanol–water partition coefficient (Wildman–Crippen LogP) is -0.177. The van der Waals surface area contributed by atoms with Gasteiger partial charge in [0.15, 0.2) is 17.6 Å². The van der Waals surface area contributed by atoms with Crippen LogP contribution in [-0.4, -0.2) is 67.2 Å². The van der Waals surface area contributed by atoms with E-state index in [2.05, 4.69) is 5.32 Å². The number of hydrogen-bond acceptors (Lipinski definition) is 9. The van der Waals surface area contributed by atoms with Gasteiger partial charge >= 0.3 is 11.9 Å². The fourth-order valence-electron chi connectivity index (χ4n) is 2.75. The van der Waals surface area contributed by atoms with Crippen LogP contribution in [0, 0.1) is 0 Å². The molecule has 25 heavy (non-hydrogen) atoms. The summed E-state index contributed by atoms with van der Waals surface area (Å²) in [6, 6.07) is 0. The van der Waals surface area contributed by atoms with Crippen LogP contribution in [0.5, 0.6) is 0 Å². The molecule has 0 unspecified atom stereocenters. The number of ether oxygens (including phenoxy) is 5. The van der Waals surface area contributed by atoms with Gasteiger partial charge in [0.25, 0.3) is 0 Å². The molecule has 0 amide bonds. The Kier molecular flexibility index (Phi) is 6.39. The lowest BCUT2D eigenvalue weighted by Gasteiger charge is -2.23. The van der Waals surface area contributed by atoms with Crippen molar-refractivity contribution < 1.29 is 38.4 Å². The zero-order chi connectivity index (χ0) is 18.6. The number of esters is 2. The Morgan fingerprint density at radius 2 is 1.68 bits per heavy atom. The molecule has 0 saturated carbocycles. The van der Waals surface area contributed by atoms with Crippen LogP contribution in [0.15, 0.2) is 11.8 Å². The molecule has 9 heteroatoms. The summed E-state index contributed by atoms with van der Waals surface area (Å²) in [5, 5.41) is 12.3. The lowest BCUT2D eigenvalue weighted by molar-refractivity contribution is -0.192. The molecule has 2 aliphatic rings. The van der Waals surface area contributed by atoms with Crippen molar-refractivity contribution in [3.8, 4) is 0 Å². The van der Waals surface area contributed by atoms with Gasteiger partial charge in [-0.25, -0.2) is 9.59 Å². The molecule has 0 radical (unpaired) electrons. The second-order valence-electron chi connectivity index (χ2n) is 6.01. The molecule has 2 N–H and O–H groups in total. The second kappa shape index (κ2) is 8.13. The highest BCUT2D eigenvalue weighted by molar-refractivity contribution is 6.13. The number of hydrogen-bond donors (Lipinski definition) is 2. The van der Waals surface area contributed by atoms with E-state index < -0.39 is 42.3 Å². The van der Waals surface area contributed by atoms with Gasteiger partial charge in [0.05, 0.1) is 19.8 Å². The lowest BCUT2D eigenvalue weighted by Crippen LogP contribution is -2.39. The van der Waals surface area contributed by atoms with E-state index in [1.54, 1.807) is 27.7 Å². The summed E-state index contributed by atoms with van der Waals surface area (Å²) >= 11 is 0. The van der Waals surface area contributed by atoms with Gasteiger partial charge in [0, 0.05) is 6.20 Å². The van der Waals surface area contributed by atoms with Crippen molar-refractivity contribution in [3.63, 3.8) is 0 Å². The van der Waals surface area contributed by atoms with Crippen molar-refractivity contribution in [2.45, 2.75) is 58.0 Å². The first-order valence-electron chi connectivity index (χ1n) is 8.25. The van der Waals surface area contributed by atoms with E-state index in [4.69, 9.17) is 23.7 Å². The van der Waals surface area contributed by atoms with Gasteiger partial charge in [0.2, 0.25) is 0 Å². The Bertz CT molecular complexity index is 512. The van der Waals surface area contributed by atoms with E-state index in [1.807, 2.05) is 0 Å². The van der Waals surface area contributed by atoms with Gasteiger partial charge in [-0.3, -0.25) is 0 Å². The van der Waals surface area contributed by atoms with Crippen molar-refractivity contribution in [3.05, 3.63) is 11.8 Å². The Balaban J connectivity index is 2.13. The standard InChI is InChI=1S/C16H25NO8/c1-5-21-14(19)9(15(20)22-6-2)7-17-13-12-11(10(8-18)23-13)24-16(3,4)25-12/h7,10-13,17-18H,5-6,8H2,1-4H3/t10-,11-,12-,13+/m1/s1. The lowest BCUT2D eigenvalue weighted by atomic mass is 10.1. The zero-order valence-corrected chi connectivity index (χ0v) is 14.8. The third kappa shape index (κ3) is 4.49. The van der Waals surface area contributed by atoms with Gasteiger partial charge in [0.1, 0.15) is 18.3 Å². The molecule has 2 aliphatic heterocycles. The SMILES string of the molecule is CCOC(=O)C(=CN[C@H]1O[C@H](CO)[C@H]2OC(C)(C)O[C@H]21)C(=O)OCC. The minimum Gasteiger partial charge on any atom is -0.462 e. The number of aliphatic hydroxyl groups excluding tert-OH is 1. The Morgan fingerprint density at radius 1 is 1.12 bits per heavy atom. The summed E-state index contributed by atoms with van der Waals surface area (Å²) < 4.78 is 26.9. The number of fused-ring (bicyclic) bond motifs is 1. The Morgan fingerprint density at radius 3 is 2.20 bits per heavy atom. The molecule has 2 rings (SSSR count). The van der Waals surface area contributed by atoms with E-state index in [-0.39, 0.29) is 25.4 Å². The minimum atomic E-state index is -0.818. The van der Waals surface area contributed by atoms with Crippen LogP contribution in [0.2, 0.25) is 0 Å². The maximum absolute atomic E-state index is 11.9. The highest BCUT2D eigenvalue weighted by Crippen LogP contribution is 2.37. The number of aliphatic hydroxyl groups is 1. The van der Waals surface area contributed by atoms with Crippen LogP contribution in [0.1, 0.15) is 27.7 Å². The van der Waals surface area contributed by atoms with Crippen molar-refractivity contribution in [1.82, 2.24) is 5.32 Å². The average molecular weight is 359 g/mol. The number of carbonyl (C=O) groups is 2. The fourth-order valence-corrected chi connectivity index (χ4v) is 2.75. The topological polar surface area (TPSA) is 113 Å². The Labute approximate surface area is 146 Å². The molecule has 2 saturated heterocycles. The summed E-state index contributed by atoms with van der Waals surface area (Å²) in [7, 11) is 0. The van der Waals surface area contributed by atoms with Crippen molar-refractivity contribution >= 4 is 11.9 Å². The van der Waals surface area contributed by atoms with Gasteiger partial charge < -0.3 is 34.1 Å². The molecule has 0 spiro atoms. The summed E-state index contributed by atoms with van der Waals surface area (Å²) in [6.45, 7) is 6.79. The van der Waals surface area contributed by atoms with Crippen LogP contribution >= 0.6 is 0 Å². The maximum Gasteiger partial charge on any atom is 0.347 e. The van der Waals surface area contributed by atoms with Crippen molar-refractivity contribution in [2.24, 2.45) is 0 Å². The predicted molar refractivity (Wildman–Crippen MR) is 84.1 cm³/mol. The third-order valence-electron chi connectivity index (χ3n) is 3.71. The molecule has 2 fully saturated rings. The largest absolute Gasteiger partial charge is 0.462 e. The first kappa shape index (κ1) is 19.6. The molecular formula is C16H25NO8. The van der Waals surface area contributed by atoms with Gasteiger partial charge in [-0.05, 0) is 27.7 Å². The molecule has 2 heterocycles. The highest BCUT2D eigenvalue weighted by atomic mass is 16.8. The molecule has 0 aliphatic carbocycles. The molecule has 0 aromatic heterocycles. The molecular weight excluding hydrogens is 334 g/mol. The first-order valence-corrected chi connectivity index (χ1v) is 8.25. The molecule has 4 atom stereocenters. The third-order valence-corrected chi connectivity index (χ3v) is 3.71. The number of nitrogens with one attached hydrogen (secondary N) is 1. The van der Waals surface area contributed by atoms with E-state index in [1.165, 1.54) is 6.20 Å². The number of carbonyl (C=O) groups excluding carboxylic acids is 2. The van der Waals surface area contributed by atoms with E-state index in [0.29, 0.717) is 0 Å². The molecule has 142 valence electrons. The Hall–Kier alpha value is -1.68. The van der Waals surface area contributed by atoms with Crippen LogP contribution in [-0.2, 0) is 33.3 Å². The van der Waals surface area contributed by atoms with Crippen molar-refractivity contribution in [2.75, 3.05) is 19.8 Å². The molecule has 9 nitrogen and oxygen atoms in total. The van der Waals surface area contributed by atoms with E-state index >= 15 is 0 Å². The quantitative estimate of drug-likeness (QED) is 0.277. The van der Waals surface area contributed by atoms with Gasteiger partial charge in [-0.1, -0.05) is 0 Å². The maximum atomic E-state index is 11.9. The van der Waals surface area contributed by atoms with Crippen LogP contribution in [0.3, 0.4) is 0 Å². The summed E-state index contributed by atoms with van der Waals surface area (Å²) in [6.07, 6.45) is -1.06. The molecule has 0 aromatic carbocycles. The van der Waals surface area contributed by atoms with Crippen LogP contribution in [0.4, 0.5) is 0 Å². The zero-order valence-electron chi connectivity index (χ0n) is 14.8.